The highest BCUT2D eigenvalue weighted by molar-refractivity contribution is 5.94. The van der Waals surface area contributed by atoms with Crippen LogP contribution < -0.4 is 0 Å². The van der Waals surface area contributed by atoms with Gasteiger partial charge in [0.1, 0.15) is 0 Å². The molecule has 23 heavy (non-hydrogen) atoms. The van der Waals surface area contributed by atoms with Crippen LogP contribution in [0, 0.1) is 0 Å². The number of carbonyl (C=O) groups is 1. The predicted molar refractivity (Wildman–Crippen MR) is 90.1 cm³/mol. The summed E-state index contributed by atoms with van der Waals surface area (Å²) < 4.78 is 2.00. The van der Waals surface area contributed by atoms with E-state index in [0.29, 0.717) is 6.54 Å². The van der Waals surface area contributed by atoms with Crippen LogP contribution in [0.1, 0.15) is 28.7 Å². The van der Waals surface area contributed by atoms with E-state index in [9.17, 15) is 4.79 Å². The maximum atomic E-state index is 11.5. The van der Waals surface area contributed by atoms with E-state index in [2.05, 4.69) is 14.9 Å². The van der Waals surface area contributed by atoms with Gasteiger partial charge in [-0.15, -0.1) is 0 Å². The van der Waals surface area contributed by atoms with Gasteiger partial charge in [0, 0.05) is 37.6 Å². The number of carbonyl (C=O) groups excluding carboxylic acids is 1. The van der Waals surface area contributed by atoms with Crippen LogP contribution in [0.2, 0.25) is 0 Å². The van der Waals surface area contributed by atoms with E-state index in [1.165, 1.54) is 0 Å². The van der Waals surface area contributed by atoms with Gasteiger partial charge in [-0.1, -0.05) is 12.1 Å². The van der Waals surface area contributed by atoms with Crippen LogP contribution in [0.4, 0.5) is 0 Å². The molecule has 3 rings (SSSR count). The molecule has 0 aliphatic carbocycles. The number of hydrogen-bond acceptors (Lipinski definition) is 4. The van der Waals surface area contributed by atoms with Gasteiger partial charge in [0.05, 0.1) is 22.9 Å². The second-order valence-electron chi connectivity index (χ2n) is 5.91. The van der Waals surface area contributed by atoms with Gasteiger partial charge in [-0.2, -0.15) is 0 Å². The highest BCUT2D eigenvalue weighted by atomic mass is 16.1. The van der Waals surface area contributed by atoms with Crippen molar-refractivity contribution in [1.82, 2.24) is 19.4 Å². The molecule has 0 saturated heterocycles. The van der Waals surface area contributed by atoms with Gasteiger partial charge in [-0.3, -0.25) is 14.7 Å². The normalized spacial score (nSPS) is 11.3. The van der Waals surface area contributed by atoms with Gasteiger partial charge < -0.3 is 4.57 Å². The fourth-order valence-corrected chi connectivity index (χ4v) is 2.64. The van der Waals surface area contributed by atoms with Crippen molar-refractivity contribution in [3.63, 3.8) is 0 Å². The van der Waals surface area contributed by atoms with Crippen molar-refractivity contribution in [2.45, 2.75) is 20.0 Å². The number of aryl methyl sites for hydroxylation is 1. The maximum absolute atomic E-state index is 11.5. The van der Waals surface area contributed by atoms with E-state index in [0.717, 1.165) is 34.5 Å². The van der Waals surface area contributed by atoms with Crippen molar-refractivity contribution < 1.29 is 4.79 Å². The molecule has 0 fully saturated rings. The second kappa shape index (κ2) is 6.30. The Labute approximate surface area is 135 Å². The maximum Gasteiger partial charge on any atom is 0.161 e. The lowest BCUT2D eigenvalue weighted by Crippen LogP contribution is -2.19. The summed E-state index contributed by atoms with van der Waals surface area (Å²) in [6.45, 7) is 3.05. The Morgan fingerprint density at radius 1 is 1.22 bits per heavy atom. The average molecular weight is 308 g/mol. The van der Waals surface area contributed by atoms with Crippen LogP contribution >= 0.6 is 0 Å². The molecule has 0 saturated carbocycles. The van der Waals surface area contributed by atoms with Crippen molar-refractivity contribution in [2.75, 3.05) is 7.05 Å². The number of aromatic nitrogens is 3. The number of fused-ring (bicyclic) bond motifs is 1. The molecular weight excluding hydrogens is 288 g/mol. The molecule has 5 nitrogen and oxygen atoms in total. The summed E-state index contributed by atoms with van der Waals surface area (Å²) in [6, 6.07) is 9.82. The molecule has 0 aliphatic heterocycles. The number of para-hydroxylation sites is 2. The minimum absolute atomic E-state index is 0.0925. The molecule has 0 aliphatic rings. The van der Waals surface area contributed by atoms with Crippen molar-refractivity contribution in [3.8, 4) is 0 Å². The number of nitrogens with zero attached hydrogens (tertiary/aromatic N) is 4. The lowest BCUT2D eigenvalue weighted by atomic mass is 10.2. The Hall–Kier alpha value is -2.53. The Morgan fingerprint density at radius 2 is 1.96 bits per heavy atom. The van der Waals surface area contributed by atoms with Crippen molar-refractivity contribution in [1.29, 1.82) is 0 Å². The highest BCUT2D eigenvalue weighted by Gasteiger charge is 2.10. The highest BCUT2D eigenvalue weighted by Crippen LogP contribution is 2.13. The van der Waals surface area contributed by atoms with Crippen LogP contribution in [-0.2, 0) is 20.1 Å². The third kappa shape index (κ3) is 3.46. The van der Waals surface area contributed by atoms with Crippen LogP contribution in [-0.4, -0.2) is 32.3 Å². The van der Waals surface area contributed by atoms with Crippen molar-refractivity contribution in [2.24, 2.45) is 7.05 Å². The second-order valence-corrected chi connectivity index (χ2v) is 5.91. The first kappa shape index (κ1) is 15.4. The zero-order valence-electron chi connectivity index (χ0n) is 13.7. The topological polar surface area (TPSA) is 51.0 Å². The van der Waals surface area contributed by atoms with E-state index in [-0.39, 0.29) is 5.78 Å². The first-order valence-electron chi connectivity index (χ1n) is 7.58. The molecule has 0 unspecified atom stereocenters. The van der Waals surface area contributed by atoms with Crippen LogP contribution in [0.3, 0.4) is 0 Å². The molecule has 2 aromatic heterocycles. The summed E-state index contributed by atoms with van der Waals surface area (Å²) in [4.78, 5) is 22.7. The molecule has 0 spiro atoms. The zero-order chi connectivity index (χ0) is 16.4. The van der Waals surface area contributed by atoms with E-state index in [1.807, 2.05) is 61.4 Å². The largest absolute Gasteiger partial charge is 0.353 e. The summed E-state index contributed by atoms with van der Waals surface area (Å²) >= 11 is 0. The van der Waals surface area contributed by atoms with Gasteiger partial charge in [0.25, 0.3) is 0 Å². The number of ketones is 1. The third-order valence-electron chi connectivity index (χ3n) is 3.88. The first-order valence-corrected chi connectivity index (χ1v) is 7.58. The SMILES string of the molecule is CC(=O)c1cc(CN(C)Cc2cnc3ccccc3n2)n(C)c1. The van der Waals surface area contributed by atoms with E-state index in [4.69, 9.17) is 0 Å². The molecular formula is C18H20N4O. The molecule has 0 atom stereocenters. The minimum atomic E-state index is 0.0925. The lowest BCUT2D eigenvalue weighted by molar-refractivity contribution is 0.101. The summed E-state index contributed by atoms with van der Waals surface area (Å²) in [5.74, 6) is 0.0925. The first-order chi connectivity index (χ1) is 11.0. The van der Waals surface area contributed by atoms with E-state index >= 15 is 0 Å². The molecule has 1 aromatic carbocycles. The summed E-state index contributed by atoms with van der Waals surface area (Å²) in [5, 5.41) is 0. The summed E-state index contributed by atoms with van der Waals surface area (Å²) in [5.41, 5.74) is 4.61. The van der Waals surface area contributed by atoms with Crippen molar-refractivity contribution >= 4 is 16.8 Å². The summed E-state index contributed by atoms with van der Waals surface area (Å²) in [6.07, 6.45) is 3.70. The minimum Gasteiger partial charge on any atom is -0.353 e. The zero-order valence-corrected chi connectivity index (χ0v) is 13.7. The molecule has 0 N–H and O–H groups in total. The number of Topliss-reactive ketones (excluding diaryl/α,β-unsaturated/α-hetero) is 1. The van der Waals surface area contributed by atoms with Crippen LogP contribution in [0.25, 0.3) is 11.0 Å². The Kier molecular flexibility index (Phi) is 4.21. The van der Waals surface area contributed by atoms with E-state index < -0.39 is 0 Å². The van der Waals surface area contributed by atoms with Gasteiger partial charge >= 0.3 is 0 Å². The fourth-order valence-electron chi connectivity index (χ4n) is 2.64. The third-order valence-corrected chi connectivity index (χ3v) is 3.88. The molecule has 0 amide bonds. The average Bonchev–Trinajstić information content (AvgIpc) is 2.88. The van der Waals surface area contributed by atoms with Gasteiger partial charge in [0.2, 0.25) is 0 Å². The molecule has 0 bridgehead atoms. The van der Waals surface area contributed by atoms with Crippen LogP contribution in [0.15, 0.2) is 42.7 Å². The Morgan fingerprint density at radius 3 is 2.65 bits per heavy atom. The monoisotopic (exact) mass is 308 g/mol. The fraction of sp³-hybridized carbons (Fsp3) is 0.278. The molecule has 2 heterocycles. The molecule has 118 valence electrons. The van der Waals surface area contributed by atoms with Crippen molar-refractivity contribution in [3.05, 3.63) is 59.7 Å². The molecule has 0 radical (unpaired) electrons. The van der Waals surface area contributed by atoms with Crippen LogP contribution in [0.5, 0.6) is 0 Å². The van der Waals surface area contributed by atoms with Gasteiger partial charge in [-0.05, 0) is 32.2 Å². The molecule has 5 heteroatoms. The smallest absolute Gasteiger partial charge is 0.161 e. The van der Waals surface area contributed by atoms with E-state index in [1.54, 1.807) is 6.92 Å². The summed E-state index contributed by atoms with van der Waals surface area (Å²) in [7, 11) is 4.00. The quantitative estimate of drug-likeness (QED) is 0.680. The Balaban J connectivity index is 1.73. The predicted octanol–water partition coefficient (Wildman–Crippen LogP) is 2.80. The Bertz CT molecular complexity index is 853. The molecule has 3 aromatic rings. The number of benzene rings is 1. The lowest BCUT2D eigenvalue weighted by Gasteiger charge is -2.16. The van der Waals surface area contributed by atoms with Gasteiger partial charge in [0.15, 0.2) is 5.78 Å². The number of rotatable bonds is 5. The standard InChI is InChI=1S/C18H20N4O/c1-13(23)14-8-16(22(3)10-14)12-21(2)11-15-9-19-17-6-4-5-7-18(17)20-15/h4-10H,11-12H2,1-3H3. The number of hydrogen-bond donors (Lipinski definition) is 0. The van der Waals surface area contributed by atoms with Gasteiger partial charge in [-0.25, -0.2) is 4.98 Å².